The molecule has 3 heterocycles. The standard InChI is InChI=1S/C22H24N4O/c23-16-17-5-3-6-19(15-17)18-9-13-25(14-10-18)26-12-4-8-21(26)22(27)20-7-1-2-11-24-20/h1-8,11-12,15,18H,9-10,13-14,16,23H2. The maximum atomic E-state index is 12.8. The van der Waals surface area contributed by atoms with Crippen LogP contribution in [0.4, 0.5) is 0 Å². The molecule has 2 aromatic heterocycles. The van der Waals surface area contributed by atoms with Crippen LogP contribution in [0.15, 0.2) is 67.0 Å². The fourth-order valence-corrected chi connectivity index (χ4v) is 3.82. The van der Waals surface area contributed by atoms with E-state index in [1.165, 1.54) is 11.1 Å². The van der Waals surface area contributed by atoms with Crippen LogP contribution in [0.5, 0.6) is 0 Å². The first-order valence-electron chi connectivity index (χ1n) is 9.43. The Balaban J connectivity index is 1.48. The van der Waals surface area contributed by atoms with Crippen LogP contribution < -0.4 is 10.7 Å². The zero-order valence-electron chi connectivity index (χ0n) is 15.3. The summed E-state index contributed by atoms with van der Waals surface area (Å²) in [5, 5.41) is 2.25. The third-order valence-electron chi connectivity index (χ3n) is 5.29. The number of nitrogens with zero attached hydrogens (tertiary/aromatic N) is 3. The minimum absolute atomic E-state index is 0.0432. The van der Waals surface area contributed by atoms with Crippen molar-refractivity contribution in [3.05, 3.63) is 89.5 Å². The lowest BCUT2D eigenvalue weighted by atomic mass is 9.89. The molecule has 1 fully saturated rings. The smallest absolute Gasteiger partial charge is 0.229 e. The van der Waals surface area contributed by atoms with Crippen molar-refractivity contribution in [1.29, 1.82) is 0 Å². The van der Waals surface area contributed by atoms with Gasteiger partial charge in [-0.1, -0.05) is 30.3 Å². The van der Waals surface area contributed by atoms with Gasteiger partial charge in [0.25, 0.3) is 0 Å². The number of hydrogen-bond acceptors (Lipinski definition) is 4. The van der Waals surface area contributed by atoms with Crippen molar-refractivity contribution in [2.75, 3.05) is 18.1 Å². The van der Waals surface area contributed by atoms with Crippen molar-refractivity contribution >= 4 is 5.78 Å². The van der Waals surface area contributed by atoms with E-state index in [9.17, 15) is 4.79 Å². The number of benzene rings is 1. The summed E-state index contributed by atoms with van der Waals surface area (Å²) in [4.78, 5) is 17.0. The Kier molecular flexibility index (Phi) is 5.03. The molecule has 5 nitrogen and oxygen atoms in total. The molecule has 3 aromatic rings. The Morgan fingerprint density at radius 1 is 1.07 bits per heavy atom. The van der Waals surface area contributed by atoms with E-state index in [0.29, 0.717) is 23.9 Å². The van der Waals surface area contributed by atoms with Crippen molar-refractivity contribution in [2.24, 2.45) is 5.73 Å². The lowest BCUT2D eigenvalue weighted by Crippen LogP contribution is -2.42. The number of carbonyl (C=O) groups excluding carboxylic acids is 1. The number of aromatic nitrogens is 2. The Bertz CT molecular complexity index is 911. The van der Waals surface area contributed by atoms with Crippen LogP contribution in [0, 0.1) is 0 Å². The number of carbonyl (C=O) groups is 1. The van der Waals surface area contributed by atoms with Gasteiger partial charge in [-0.2, -0.15) is 0 Å². The van der Waals surface area contributed by atoms with Gasteiger partial charge in [-0.25, -0.2) is 0 Å². The van der Waals surface area contributed by atoms with Crippen LogP contribution in [-0.4, -0.2) is 28.5 Å². The molecule has 0 atom stereocenters. The molecule has 4 rings (SSSR count). The first-order valence-corrected chi connectivity index (χ1v) is 9.43. The third-order valence-corrected chi connectivity index (χ3v) is 5.29. The zero-order valence-corrected chi connectivity index (χ0v) is 15.3. The number of piperidine rings is 1. The van der Waals surface area contributed by atoms with E-state index in [1.54, 1.807) is 12.3 Å². The molecule has 138 valence electrons. The number of pyridine rings is 1. The number of ketones is 1. The molecule has 1 aromatic carbocycles. The lowest BCUT2D eigenvalue weighted by Gasteiger charge is -2.35. The monoisotopic (exact) mass is 360 g/mol. The fraction of sp³-hybridized carbons (Fsp3) is 0.273. The second kappa shape index (κ2) is 7.76. The van der Waals surface area contributed by atoms with Crippen LogP contribution in [0.25, 0.3) is 0 Å². The molecule has 0 bridgehead atoms. The summed E-state index contributed by atoms with van der Waals surface area (Å²) in [6.07, 6.45) is 5.74. The van der Waals surface area contributed by atoms with E-state index in [-0.39, 0.29) is 5.78 Å². The predicted octanol–water partition coefficient (Wildman–Crippen LogP) is 3.09. The largest absolute Gasteiger partial charge is 0.326 e. The van der Waals surface area contributed by atoms with E-state index < -0.39 is 0 Å². The van der Waals surface area contributed by atoms with Crippen LogP contribution in [-0.2, 0) is 6.54 Å². The second-order valence-corrected chi connectivity index (χ2v) is 6.96. The summed E-state index contributed by atoms with van der Waals surface area (Å²) in [7, 11) is 0. The van der Waals surface area contributed by atoms with Gasteiger partial charge in [-0.3, -0.25) is 14.5 Å². The van der Waals surface area contributed by atoms with Gasteiger partial charge in [0.05, 0.1) is 0 Å². The van der Waals surface area contributed by atoms with Crippen LogP contribution in [0.2, 0.25) is 0 Å². The van der Waals surface area contributed by atoms with Crippen molar-refractivity contribution in [1.82, 2.24) is 9.66 Å². The predicted molar refractivity (Wildman–Crippen MR) is 106 cm³/mol. The van der Waals surface area contributed by atoms with Gasteiger partial charge in [-0.15, -0.1) is 0 Å². The van der Waals surface area contributed by atoms with E-state index in [4.69, 9.17) is 5.73 Å². The Morgan fingerprint density at radius 2 is 1.93 bits per heavy atom. The molecule has 27 heavy (non-hydrogen) atoms. The lowest BCUT2D eigenvalue weighted by molar-refractivity contribution is 0.102. The summed E-state index contributed by atoms with van der Waals surface area (Å²) in [6, 6.07) is 17.8. The van der Waals surface area contributed by atoms with Crippen LogP contribution >= 0.6 is 0 Å². The quantitative estimate of drug-likeness (QED) is 0.710. The van der Waals surface area contributed by atoms with Crippen molar-refractivity contribution in [3.8, 4) is 0 Å². The highest BCUT2D eigenvalue weighted by atomic mass is 16.1. The van der Waals surface area contributed by atoms with Crippen LogP contribution in [0.1, 0.15) is 46.1 Å². The first kappa shape index (κ1) is 17.5. The summed E-state index contributed by atoms with van der Waals surface area (Å²) in [6.45, 7) is 2.40. The Labute approximate surface area is 159 Å². The Morgan fingerprint density at radius 3 is 2.67 bits per heavy atom. The summed E-state index contributed by atoms with van der Waals surface area (Å²) in [5.74, 6) is 0.497. The average Bonchev–Trinajstić information content (AvgIpc) is 3.24. The minimum atomic E-state index is -0.0432. The van der Waals surface area contributed by atoms with Crippen molar-refractivity contribution < 1.29 is 4.79 Å². The molecule has 2 N–H and O–H groups in total. The highest BCUT2D eigenvalue weighted by Crippen LogP contribution is 2.28. The normalized spacial score (nSPS) is 15.1. The van der Waals surface area contributed by atoms with Gasteiger partial charge in [0.15, 0.2) is 0 Å². The molecular formula is C22H24N4O. The zero-order chi connectivity index (χ0) is 18.6. The van der Waals surface area contributed by atoms with E-state index in [2.05, 4.69) is 34.3 Å². The van der Waals surface area contributed by atoms with Gasteiger partial charge in [-0.05, 0) is 54.2 Å². The van der Waals surface area contributed by atoms with Crippen molar-refractivity contribution in [2.45, 2.75) is 25.3 Å². The van der Waals surface area contributed by atoms with E-state index >= 15 is 0 Å². The molecule has 1 aliphatic heterocycles. The molecule has 0 amide bonds. The molecule has 0 aliphatic carbocycles. The average molecular weight is 360 g/mol. The summed E-state index contributed by atoms with van der Waals surface area (Å²) >= 11 is 0. The number of hydrogen-bond donors (Lipinski definition) is 1. The van der Waals surface area contributed by atoms with Gasteiger partial charge in [0.1, 0.15) is 11.4 Å². The molecule has 0 unspecified atom stereocenters. The molecule has 1 saturated heterocycles. The first-order chi connectivity index (χ1) is 13.3. The van der Waals surface area contributed by atoms with Gasteiger partial charge in [0, 0.05) is 32.0 Å². The highest BCUT2D eigenvalue weighted by Gasteiger charge is 2.24. The van der Waals surface area contributed by atoms with Gasteiger partial charge >= 0.3 is 0 Å². The van der Waals surface area contributed by atoms with E-state index in [1.807, 2.05) is 35.1 Å². The molecule has 0 spiro atoms. The summed E-state index contributed by atoms with van der Waals surface area (Å²) in [5.41, 5.74) is 9.47. The molecule has 0 radical (unpaired) electrons. The topological polar surface area (TPSA) is 64.2 Å². The van der Waals surface area contributed by atoms with Gasteiger partial charge in [0.2, 0.25) is 5.78 Å². The summed E-state index contributed by atoms with van der Waals surface area (Å²) < 4.78 is 1.99. The van der Waals surface area contributed by atoms with Crippen LogP contribution in [0.3, 0.4) is 0 Å². The van der Waals surface area contributed by atoms with Crippen molar-refractivity contribution in [3.63, 3.8) is 0 Å². The molecule has 0 saturated carbocycles. The third kappa shape index (κ3) is 3.64. The highest BCUT2D eigenvalue weighted by molar-refractivity contribution is 6.06. The van der Waals surface area contributed by atoms with Gasteiger partial charge < -0.3 is 10.7 Å². The maximum Gasteiger partial charge on any atom is 0.229 e. The Hall–Kier alpha value is -2.92. The van der Waals surface area contributed by atoms with E-state index in [0.717, 1.165) is 25.9 Å². The molecule has 1 aliphatic rings. The molecular weight excluding hydrogens is 336 g/mol. The number of nitrogens with two attached hydrogens (primary N) is 1. The minimum Gasteiger partial charge on any atom is -0.326 e. The number of rotatable bonds is 5. The second-order valence-electron chi connectivity index (χ2n) is 6.96. The maximum absolute atomic E-state index is 12.8. The molecule has 5 heteroatoms. The SMILES string of the molecule is NCc1cccc(C2CCN(n3cccc3C(=O)c3ccccn3)CC2)c1. The fourth-order valence-electron chi connectivity index (χ4n) is 3.82.